The van der Waals surface area contributed by atoms with Crippen LogP contribution < -0.4 is 4.90 Å². The van der Waals surface area contributed by atoms with Gasteiger partial charge in [0.25, 0.3) is 0 Å². The number of nitrogens with zero attached hydrogens (tertiary/aromatic N) is 4. The van der Waals surface area contributed by atoms with Crippen LogP contribution >= 0.6 is 34.9 Å². The van der Waals surface area contributed by atoms with Crippen LogP contribution in [0.15, 0.2) is 91.1 Å². The Morgan fingerprint density at radius 1 is 0.909 bits per heavy atom. The van der Waals surface area contributed by atoms with Crippen LogP contribution in [0.1, 0.15) is 58.1 Å². The Balaban J connectivity index is 1.41. The van der Waals surface area contributed by atoms with E-state index in [4.69, 9.17) is 0 Å². The summed E-state index contributed by atoms with van der Waals surface area (Å²) in [6.07, 6.45) is 13.9. The first-order valence-corrected chi connectivity index (χ1v) is 17.6. The zero-order valence-corrected chi connectivity index (χ0v) is 28.6. The number of thioether (sulfide) groups is 2. The number of fused-ring (bicyclic) bond motifs is 2. The molecule has 3 aliphatic rings. The number of halogens is 2. The van der Waals surface area contributed by atoms with Crippen molar-refractivity contribution in [2.45, 2.75) is 66.5 Å². The first kappa shape index (κ1) is 31.0. The second-order valence-electron chi connectivity index (χ2n) is 12.5. The number of hydrogen-bond acceptors (Lipinski definition) is 6. The average Bonchev–Trinajstić information content (AvgIpc) is 3.57. The van der Waals surface area contributed by atoms with Gasteiger partial charge in [-0.1, -0.05) is 60.9 Å². The molecule has 0 spiro atoms. The molecular weight excluding hydrogens is 611 g/mol. The smallest absolute Gasteiger partial charge is 0.209 e. The van der Waals surface area contributed by atoms with Gasteiger partial charge in [-0.25, -0.2) is 8.78 Å². The first-order chi connectivity index (χ1) is 20.9. The number of benzene rings is 2. The molecule has 228 valence electrons. The van der Waals surface area contributed by atoms with E-state index < -0.39 is 0 Å². The Bertz CT molecular complexity index is 1810. The van der Waals surface area contributed by atoms with Gasteiger partial charge < -0.3 is 4.90 Å². The molecule has 1 aliphatic carbocycles. The van der Waals surface area contributed by atoms with Gasteiger partial charge in [0.2, 0.25) is 5.69 Å². The van der Waals surface area contributed by atoms with Crippen molar-refractivity contribution in [3.8, 4) is 0 Å². The minimum atomic E-state index is -0.325. The lowest BCUT2D eigenvalue weighted by atomic mass is 9.81. The van der Waals surface area contributed by atoms with E-state index in [2.05, 4.69) is 85.8 Å². The minimum Gasteiger partial charge on any atom is -0.347 e. The normalized spacial score (nSPS) is 20.9. The summed E-state index contributed by atoms with van der Waals surface area (Å²) >= 11 is 4.91. The molecule has 0 atom stereocenters. The lowest BCUT2D eigenvalue weighted by Crippen LogP contribution is -2.26. The van der Waals surface area contributed by atoms with Crippen molar-refractivity contribution in [2.24, 2.45) is 0 Å². The third-order valence-electron chi connectivity index (χ3n) is 9.10. The van der Waals surface area contributed by atoms with Crippen molar-refractivity contribution in [1.82, 2.24) is 10.2 Å². The summed E-state index contributed by atoms with van der Waals surface area (Å²) in [5.74, 6) is -0.418. The van der Waals surface area contributed by atoms with Gasteiger partial charge in [0.1, 0.15) is 18.7 Å². The van der Waals surface area contributed by atoms with E-state index in [1.807, 2.05) is 18.4 Å². The summed E-state index contributed by atoms with van der Waals surface area (Å²) in [4.78, 5) is 3.38. The number of hydrogen-bond donors (Lipinski definition) is 0. The molecule has 2 aliphatic heterocycles. The van der Waals surface area contributed by atoms with Gasteiger partial charge in [0.05, 0.1) is 5.41 Å². The second kappa shape index (κ2) is 11.7. The van der Waals surface area contributed by atoms with Crippen LogP contribution in [0.4, 0.5) is 20.2 Å². The molecule has 3 heterocycles. The summed E-state index contributed by atoms with van der Waals surface area (Å²) in [6.45, 7) is 8.63. The molecule has 0 fully saturated rings. The van der Waals surface area contributed by atoms with Crippen LogP contribution in [-0.4, -0.2) is 40.8 Å². The highest BCUT2D eigenvalue weighted by molar-refractivity contribution is 8.05. The molecule has 0 radical (unpaired) electrons. The average molecular weight is 648 g/mol. The topological polar surface area (TPSA) is 32.0 Å². The number of likely N-dealkylation sites (N-methyl/N-ethyl adjacent to an activating group) is 1. The highest BCUT2D eigenvalue weighted by Crippen LogP contribution is 2.48. The van der Waals surface area contributed by atoms with E-state index >= 15 is 0 Å². The van der Waals surface area contributed by atoms with E-state index in [-0.39, 0.29) is 22.5 Å². The standard InChI is InChI=1S/C35H37F2N4S3/c1-34(2)25-19-23(36)13-15-27(25)40(5)29(34)17-11-21-9-8-10-22(31(21)43-33-39-38-32(42-7)44-33)12-18-30-35(3,4)26-20-24(37)14-16-28(26)41(30)6/h11-20H,8-10H2,1-7H3/q+1. The third-order valence-corrected chi connectivity index (χ3v) is 12.3. The number of rotatable bonds is 6. The lowest BCUT2D eigenvalue weighted by molar-refractivity contribution is -0.401. The summed E-state index contributed by atoms with van der Waals surface area (Å²) in [7, 11) is 4.12. The van der Waals surface area contributed by atoms with E-state index in [0.29, 0.717) is 0 Å². The van der Waals surface area contributed by atoms with Gasteiger partial charge in [0, 0.05) is 46.5 Å². The predicted octanol–water partition coefficient (Wildman–Crippen LogP) is 9.57. The van der Waals surface area contributed by atoms with Gasteiger partial charge in [-0.3, -0.25) is 0 Å². The van der Waals surface area contributed by atoms with E-state index in [1.54, 1.807) is 47.0 Å². The van der Waals surface area contributed by atoms with E-state index in [1.165, 1.54) is 28.2 Å². The van der Waals surface area contributed by atoms with E-state index in [9.17, 15) is 8.78 Å². The molecular formula is C35H37F2N4S3+. The van der Waals surface area contributed by atoms with Crippen molar-refractivity contribution >= 4 is 51.9 Å². The van der Waals surface area contributed by atoms with Crippen molar-refractivity contribution < 1.29 is 13.4 Å². The van der Waals surface area contributed by atoms with E-state index in [0.717, 1.165) is 61.9 Å². The molecule has 1 aromatic heterocycles. The Morgan fingerprint density at radius 2 is 1.61 bits per heavy atom. The molecule has 6 rings (SSSR count). The number of anilines is 1. The molecule has 0 N–H and O–H groups in total. The van der Waals surface area contributed by atoms with Crippen molar-refractivity contribution in [3.63, 3.8) is 0 Å². The van der Waals surface area contributed by atoms with Crippen LogP contribution in [-0.2, 0) is 10.8 Å². The van der Waals surface area contributed by atoms with Crippen LogP contribution in [0.2, 0.25) is 0 Å². The zero-order chi connectivity index (χ0) is 31.4. The van der Waals surface area contributed by atoms with Gasteiger partial charge in [0.15, 0.2) is 14.4 Å². The Hall–Kier alpha value is -3.01. The highest BCUT2D eigenvalue weighted by atomic mass is 32.2. The maximum absolute atomic E-state index is 14.2. The maximum Gasteiger partial charge on any atom is 0.209 e. The molecule has 0 unspecified atom stereocenters. The largest absolute Gasteiger partial charge is 0.347 e. The fourth-order valence-corrected chi connectivity index (χ4v) is 9.41. The fraction of sp³-hybridized carbons (Fsp3) is 0.343. The maximum atomic E-state index is 14.2. The summed E-state index contributed by atoms with van der Waals surface area (Å²) in [5.41, 5.74) is 8.22. The Kier molecular flexibility index (Phi) is 8.26. The van der Waals surface area contributed by atoms with Gasteiger partial charge in [-0.05, 0) is 92.5 Å². The molecule has 9 heteroatoms. The van der Waals surface area contributed by atoms with Crippen LogP contribution in [0.5, 0.6) is 0 Å². The number of aromatic nitrogens is 2. The third kappa shape index (κ3) is 5.41. The fourth-order valence-electron chi connectivity index (χ4n) is 6.74. The second-order valence-corrected chi connectivity index (χ2v) is 15.8. The van der Waals surface area contributed by atoms with Crippen LogP contribution in [0, 0.1) is 11.6 Å². The summed E-state index contributed by atoms with van der Waals surface area (Å²) in [5, 5.41) is 8.83. The summed E-state index contributed by atoms with van der Waals surface area (Å²) < 4.78 is 32.5. The van der Waals surface area contributed by atoms with Crippen molar-refractivity contribution in [1.29, 1.82) is 0 Å². The lowest BCUT2D eigenvalue weighted by Gasteiger charge is -2.25. The Morgan fingerprint density at radius 3 is 2.34 bits per heavy atom. The molecule has 4 nitrogen and oxygen atoms in total. The van der Waals surface area contributed by atoms with Crippen LogP contribution in [0.3, 0.4) is 0 Å². The molecule has 3 aromatic rings. The zero-order valence-electron chi connectivity index (χ0n) is 26.2. The SMILES string of the molecule is CSc1nnc(SC2=C(/C=C/C3=[N+](C)c4ccc(F)cc4C3(C)C)CCC/C2=C\C=C2\N(C)c3ccc(F)cc3C2(C)C)s1. The van der Waals surface area contributed by atoms with Crippen LogP contribution in [0.25, 0.3) is 0 Å². The van der Waals surface area contributed by atoms with Crippen molar-refractivity contribution in [3.05, 3.63) is 105 Å². The predicted molar refractivity (Wildman–Crippen MR) is 182 cm³/mol. The molecule has 0 bridgehead atoms. The summed E-state index contributed by atoms with van der Waals surface area (Å²) in [6, 6.07) is 10.1. The Labute approximate surface area is 271 Å². The quantitative estimate of drug-likeness (QED) is 0.197. The van der Waals surface area contributed by atoms with Crippen molar-refractivity contribution in [2.75, 3.05) is 25.3 Å². The monoisotopic (exact) mass is 647 g/mol. The minimum absolute atomic E-state index is 0.209. The number of allylic oxidation sites excluding steroid dienone is 7. The molecule has 0 saturated carbocycles. The molecule has 0 amide bonds. The van der Waals surface area contributed by atoms with Gasteiger partial charge in [-0.15, -0.1) is 10.2 Å². The first-order valence-electron chi connectivity index (χ1n) is 14.7. The highest BCUT2D eigenvalue weighted by Gasteiger charge is 2.43. The van der Waals surface area contributed by atoms with Gasteiger partial charge >= 0.3 is 0 Å². The molecule has 0 saturated heterocycles. The molecule has 44 heavy (non-hydrogen) atoms. The van der Waals surface area contributed by atoms with Gasteiger partial charge in [-0.2, -0.15) is 4.58 Å². The molecule has 2 aromatic carbocycles.